The first-order valence-corrected chi connectivity index (χ1v) is 9.02. The summed E-state index contributed by atoms with van der Waals surface area (Å²) in [5, 5.41) is 10.8. The second-order valence-electron chi connectivity index (χ2n) is 6.27. The molecular formula is C21H17N3O7. The second kappa shape index (κ2) is 8.19. The summed E-state index contributed by atoms with van der Waals surface area (Å²) in [7, 11) is 4.45. The Balaban J connectivity index is 1.62. The van der Waals surface area contributed by atoms with Crippen LogP contribution in [0.2, 0.25) is 0 Å². The third kappa shape index (κ3) is 3.78. The van der Waals surface area contributed by atoms with Crippen molar-refractivity contribution < 1.29 is 27.8 Å². The largest absolute Gasteiger partial charge is 0.493 e. The molecule has 2 aromatic heterocycles. The van der Waals surface area contributed by atoms with Crippen LogP contribution in [-0.4, -0.2) is 37.4 Å². The summed E-state index contributed by atoms with van der Waals surface area (Å²) in [5.41, 5.74) is -0.106. The van der Waals surface area contributed by atoms with Gasteiger partial charge in [-0.1, -0.05) is 23.3 Å². The molecule has 158 valence electrons. The van der Waals surface area contributed by atoms with Crippen LogP contribution in [0.25, 0.3) is 22.4 Å². The van der Waals surface area contributed by atoms with Crippen molar-refractivity contribution in [3.8, 4) is 28.7 Å². The van der Waals surface area contributed by atoms with Crippen molar-refractivity contribution >= 4 is 22.9 Å². The number of hydrogen-bond acceptors (Lipinski definition) is 9. The molecule has 0 spiro atoms. The van der Waals surface area contributed by atoms with Gasteiger partial charge in [0.15, 0.2) is 11.5 Å². The van der Waals surface area contributed by atoms with E-state index in [4.69, 9.17) is 23.0 Å². The number of carbonyl (C=O) groups excluding carboxylic acids is 1. The van der Waals surface area contributed by atoms with Crippen LogP contribution in [0.15, 0.2) is 56.1 Å². The number of anilines is 1. The van der Waals surface area contributed by atoms with Gasteiger partial charge >= 0.3 is 11.6 Å². The van der Waals surface area contributed by atoms with E-state index < -0.39 is 11.5 Å². The van der Waals surface area contributed by atoms with Crippen molar-refractivity contribution in [1.82, 2.24) is 10.2 Å². The highest BCUT2D eigenvalue weighted by atomic mass is 16.5. The number of aromatic nitrogens is 2. The summed E-state index contributed by atoms with van der Waals surface area (Å²) in [4.78, 5) is 24.7. The number of nitrogens with one attached hydrogen (secondary N) is 1. The number of ether oxygens (including phenoxy) is 3. The van der Waals surface area contributed by atoms with Crippen molar-refractivity contribution in [2.75, 3.05) is 26.6 Å². The highest BCUT2D eigenvalue weighted by molar-refractivity contribution is 6.04. The van der Waals surface area contributed by atoms with E-state index in [1.54, 1.807) is 36.4 Å². The molecule has 0 saturated carbocycles. The number of rotatable bonds is 6. The number of methoxy groups -OCH3 is 3. The van der Waals surface area contributed by atoms with E-state index in [1.165, 1.54) is 27.4 Å². The highest BCUT2D eigenvalue weighted by Gasteiger charge is 2.20. The molecule has 4 rings (SSSR count). The van der Waals surface area contributed by atoms with Crippen LogP contribution in [0.1, 0.15) is 10.4 Å². The average molecular weight is 423 g/mol. The number of hydrogen-bond donors (Lipinski definition) is 1. The normalized spacial score (nSPS) is 10.7. The van der Waals surface area contributed by atoms with Crippen LogP contribution in [0.3, 0.4) is 0 Å². The Morgan fingerprint density at radius 1 is 0.935 bits per heavy atom. The van der Waals surface area contributed by atoms with E-state index in [-0.39, 0.29) is 17.5 Å². The van der Waals surface area contributed by atoms with Gasteiger partial charge < -0.3 is 23.0 Å². The fourth-order valence-electron chi connectivity index (χ4n) is 2.98. The lowest BCUT2D eigenvalue weighted by atomic mass is 10.2. The Bertz CT molecular complexity index is 1300. The first-order valence-electron chi connectivity index (χ1n) is 9.02. The fraction of sp³-hybridized carbons (Fsp3) is 0.143. The van der Waals surface area contributed by atoms with E-state index >= 15 is 0 Å². The molecule has 4 aromatic rings. The Morgan fingerprint density at radius 3 is 2.32 bits per heavy atom. The molecule has 0 unspecified atom stereocenters. The van der Waals surface area contributed by atoms with Crippen LogP contribution < -0.4 is 25.2 Å². The molecule has 1 amide bonds. The number of nitrogens with zero attached hydrogens (tertiary/aromatic N) is 2. The first kappa shape index (κ1) is 20.0. The van der Waals surface area contributed by atoms with Crippen molar-refractivity contribution in [2.45, 2.75) is 0 Å². The number of fused-ring (bicyclic) bond motifs is 1. The van der Waals surface area contributed by atoms with Gasteiger partial charge in [0.1, 0.15) is 11.1 Å². The summed E-state index contributed by atoms with van der Waals surface area (Å²) in [5.74, 6) is 0.563. The van der Waals surface area contributed by atoms with Crippen LogP contribution in [-0.2, 0) is 0 Å². The standard InChI is InChI=1S/C21H17N3O7/c1-27-15-9-12(10-16(28-2)17(15)29-3)19-23-24-21(31-19)22-18(25)13-8-11-6-4-5-7-14(11)30-20(13)26/h4-10H,1-3H3,(H,22,24,25). The van der Waals surface area contributed by atoms with E-state index in [0.29, 0.717) is 33.8 Å². The van der Waals surface area contributed by atoms with E-state index in [9.17, 15) is 9.59 Å². The molecule has 0 aliphatic rings. The van der Waals surface area contributed by atoms with E-state index in [0.717, 1.165) is 0 Å². The van der Waals surface area contributed by atoms with E-state index in [2.05, 4.69) is 15.5 Å². The van der Waals surface area contributed by atoms with Crippen molar-refractivity contribution in [1.29, 1.82) is 0 Å². The third-order valence-corrected chi connectivity index (χ3v) is 4.44. The molecule has 0 atom stereocenters. The molecule has 0 saturated heterocycles. The fourth-order valence-corrected chi connectivity index (χ4v) is 2.98. The summed E-state index contributed by atoms with van der Waals surface area (Å²) in [6.45, 7) is 0. The maximum absolute atomic E-state index is 12.6. The second-order valence-corrected chi connectivity index (χ2v) is 6.27. The predicted molar refractivity (Wildman–Crippen MR) is 110 cm³/mol. The van der Waals surface area contributed by atoms with E-state index in [1.807, 2.05) is 0 Å². The summed E-state index contributed by atoms with van der Waals surface area (Å²) >= 11 is 0. The Morgan fingerprint density at radius 2 is 1.65 bits per heavy atom. The molecule has 1 N–H and O–H groups in total. The minimum atomic E-state index is -0.777. The minimum Gasteiger partial charge on any atom is -0.493 e. The smallest absolute Gasteiger partial charge is 0.349 e. The Kier molecular flexibility index (Phi) is 5.27. The number of amides is 1. The first-order chi connectivity index (χ1) is 15.0. The molecule has 10 nitrogen and oxygen atoms in total. The summed E-state index contributed by atoms with van der Waals surface area (Å²) < 4.78 is 26.6. The zero-order valence-electron chi connectivity index (χ0n) is 16.8. The topological polar surface area (TPSA) is 126 Å². The lowest BCUT2D eigenvalue weighted by Gasteiger charge is -2.12. The van der Waals surface area contributed by atoms with Crippen LogP contribution in [0.4, 0.5) is 6.01 Å². The molecular weight excluding hydrogens is 406 g/mol. The summed E-state index contributed by atoms with van der Waals surface area (Å²) in [6, 6.07) is 11.4. The van der Waals surface area contributed by atoms with Crippen molar-refractivity contribution in [2.24, 2.45) is 0 Å². The molecule has 0 bridgehead atoms. The van der Waals surface area contributed by atoms with Gasteiger partial charge in [-0.3, -0.25) is 10.1 Å². The van der Waals surface area contributed by atoms with Crippen LogP contribution in [0, 0.1) is 0 Å². The number of carbonyl (C=O) groups is 1. The SMILES string of the molecule is COc1cc(-c2nnc(NC(=O)c3cc4ccccc4oc3=O)o2)cc(OC)c1OC. The molecule has 0 fully saturated rings. The molecule has 2 aromatic carbocycles. The van der Waals surface area contributed by atoms with Gasteiger partial charge in [-0.2, -0.15) is 0 Å². The van der Waals surface area contributed by atoms with Gasteiger partial charge in [0.05, 0.1) is 21.3 Å². The Labute approximate surface area is 175 Å². The molecule has 10 heteroatoms. The highest BCUT2D eigenvalue weighted by Crippen LogP contribution is 2.41. The van der Waals surface area contributed by atoms with Gasteiger partial charge in [0.25, 0.3) is 5.91 Å². The lowest BCUT2D eigenvalue weighted by Crippen LogP contribution is -2.20. The van der Waals surface area contributed by atoms with Crippen LogP contribution >= 0.6 is 0 Å². The van der Waals surface area contributed by atoms with Gasteiger partial charge in [0.2, 0.25) is 11.6 Å². The van der Waals surface area contributed by atoms with Gasteiger partial charge in [-0.05, 0) is 24.3 Å². The van der Waals surface area contributed by atoms with Gasteiger partial charge in [-0.15, -0.1) is 5.10 Å². The third-order valence-electron chi connectivity index (χ3n) is 4.44. The van der Waals surface area contributed by atoms with Crippen molar-refractivity contribution in [3.05, 3.63) is 58.4 Å². The maximum atomic E-state index is 12.6. The van der Waals surface area contributed by atoms with Crippen LogP contribution in [0.5, 0.6) is 17.2 Å². The van der Waals surface area contributed by atoms with Gasteiger partial charge in [-0.25, -0.2) is 4.79 Å². The quantitative estimate of drug-likeness (QED) is 0.465. The molecule has 2 heterocycles. The monoisotopic (exact) mass is 423 g/mol. The molecule has 0 aliphatic carbocycles. The Hall–Kier alpha value is -4.34. The molecule has 31 heavy (non-hydrogen) atoms. The lowest BCUT2D eigenvalue weighted by molar-refractivity contribution is 0.102. The zero-order chi connectivity index (χ0) is 22.0. The summed E-state index contributed by atoms with van der Waals surface area (Å²) in [6.07, 6.45) is 0. The predicted octanol–water partition coefficient (Wildman–Crippen LogP) is 3.12. The molecule has 0 radical (unpaired) electrons. The number of benzene rings is 2. The number of para-hydroxylation sites is 1. The van der Waals surface area contributed by atoms with Gasteiger partial charge in [0, 0.05) is 10.9 Å². The maximum Gasteiger partial charge on any atom is 0.349 e. The minimum absolute atomic E-state index is 0.0973. The average Bonchev–Trinajstić information content (AvgIpc) is 3.25. The molecule has 0 aliphatic heterocycles. The van der Waals surface area contributed by atoms with Crippen molar-refractivity contribution in [3.63, 3.8) is 0 Å². The zero-order valence-corrected chi connectivity index (χ0v) is 16.8.